The molecule has 0 unspecified atom stereocenters. The number of benzene rings is 14. The lowest BCUT2D eigenvalue weighted by Gasteiger charge is -2.03. The van der Waals surface area contributed by atoms with Gasteiger partial charge in [0.1, 0.15) is 11.0 Å². The number of aryl methyl sites for hydroxylation is 18. The zero-order valence-electron chi connectivity index (χ0n) is 72.9. The first-order valence-electron chi connectivity index (χ1n) is 40.3. The van der Waals surface area contributed by atoms with Crippen LogP contribution in [0.3, 0.4) is 0 Å². The van der Waals surface area contributed by atoms with E-state index >= 15 is 0 Å². The van der Waals surface area contributed by atoms with Crippen LogP contribution in [-0.2, 0) is 0 Å². The standard InChI is InChI=1S/2C15H13NO.3C14H14.4C8H10.3C2H6/c2*1-10-7-11(2)9-12(8-10)15-16-13-5-3-4-6-14(13)17-15;1-11-3-7-13(8-4-11)14-9-5-12(2)6-10-14;1-11-5-3-7-13(9-11)14-8-4-6-12(2)10-14;1-11-6-8-13(9-7-11)14-5-3-4-12(2)10-14;2*1-7-3-5-8(2)6-4-7;2*1-7-4-3-5-8(2)6-7;3*1-2/h2*3-9H,1-2H3;3*3-10H,1-2H3;4*3-6H,1-2H3;3*1-2H3. The molecule has 0 bridgehead atoms. The van der Waals surface area contributed by atoms with Gasteiger partial charge in [-0.05, 0) is 207 Å². The lowest BCUT2D eigenvalue weighted by atomic mass is 10.0. The first-order chi connectivity index (χ1) is 54.9. The van der Waals surface area contributed by atoms with Crippen molar-refractivity contribution in [2.75, 3.05) is 0 Å². The second kappa shape index (κ2) is 50.1. The lowest BCUT2D eigenvalue weighted by molar-refractivity contribution is 0.619. The Morgan fingerprint density at radius 3 is 0.553 bits per heavy atom. The van der Waals surface area contributed by atoms with E-state index < -0.39 is 0 Å². The second-order valence-electron chi connectivity index (χ2n) is 28.6. The number of aromatic nitrogens is 2. The average molecular weight is 1510 g/mol. The van der Waals surface area contributed by atoms with Crippen LogP contribution in [0, 0.1) is 125 Å². The van der Waals surface area contributed by atoms with Crippen LogP contribution in [0.2, 0.25) is 0 Å². The lowest BCUT2D eigenvalue weighted by Crippen LogP contribution is -1.82. The van der Waals surface area contributed by atoms with Crippen LogP contribution in [0.1, 0.15) is 142 Å². The summed E-state index contributed by atoms with van der Waals surface area (Å²) in [5.41, 5.74) is 36.7. The van der Waals surface area contributed by atoms with Crippen molar-refractivity contribution < 1.29 is 8.83 Å². The highest BCUT2D eigenvalue weighted by atomic mass is 16.4. The topological polar surface area (TPSA) is 52.1 Å². The number of hydrogen-bond acceptors (Lipinski definition) is 4. The van der Waals surface area contributed by atoms with Gasteiger partial charge in [0, 0.05) is 11.1 Å². The molecule has 16 rings (SSSR count). The molecule has 2 aromatic heterocycles. The molecule has 0 saturated heterocycles. The van der Waals surface area contributed by atoms with Gasteiger partial charge < -0.3 is 8.83 Å². The van der Waals surface area contributed by atoms with Crippen LogP contribution in [0.4, 0.5) is 0 Å². The van der Waals surface area contributed by atoms with Crippen molar-refractivity contribution in [3.8, 4) is 56.3 Å². The molecular formula is C110H126N2O2. The summed E-state index contributed by atoms with van der Waals surface area (Å²) in [5.74, 6) is 1.39. The first-order valence-corrected chi connectivity index (χ1v) is 40.3. The number of rotatable bonds is 5. The van der Waals surface area contributed by atoms with Gasteiger partial charge in [0.15, 0.2) is 11.2 Å². The highest BCUT2D eigenvalue weighted by molar-refractivity contribution is 5.77. The normalized spacial score (nSPS) is 9.75. The van der Waals surface area contributed by atoms with Crippen molar-refractivity contribution in [1.29, 1.82) is 0 Å². The van der Waals surface area contributed by atoms with Crippen LogP contribution in [0.25, 0.3) is 78.5 Å². The molecule has 114 heavy (non-hydrogen) atoms. The molecule has 14 aromatic carbocycles. The van der Waals surface area contributed by atoms with Crippen LogP contribution >= 0.6 is 0 Å². The average Bonchev–Trinajstić information content (AvgIpc) is 1.67. The number of oxazole rings is 2. The van der Waals surface area contributed by atoms with Gasteiger partial charge in [0.05, 0.1) is 0 Å². The Labute approximate surface area is 686 Å². The van der Waals surface area contributed by atoms with Gasteiger partial charge >= 0.3 is 0 Å². The van der Waals surface area contributed by atoms with Crippen molar-refractivity contribution in [1.82, 2.24) is 9.97 Å². The maximum atomic E-state index is 5.75. The molecule has 0 spiro atoms. The minimum Gasteiger partial charge on any atom is -0.436 e. The molecule has 4 nitrogen and oxygen atoms in total. The monoisotopic (exact) mass is 1510 g/mol. The quantitative estimate of drug-likeness (QED) is 0.172. The van der Waals surface area contributed by atoms with Crippen molar-refractivity contribution in [2.45, 2.75) is 166 Å². The highest BCUT2D eigenvalue weighted by Gasteiger charge is 2.10. The van der Waals surface area contributed by atoms with Crippen LogP contribution in [0.15, 0.2) is 336 Å². The van der Waals surface area contributed by atoms with Crippen molar-refractivity contribution in [2.24, 2.45) is 0 Å². The summed E-state index contributed by atoms with van der Waals surface area (Å²) in [5, 5.41) is 0. The third-order valence-electron chi connectivity index (χ3n) is 17.5. The molecule has 0 aliphatic rings. The van der Waals surface area contributed by atoms with E-state index in [0.29, 0.717) is 11.8 Å². The van der Waals surface area contributed by atoms with Crippen molar-refractivity contribution >= 4 is 22.2 Å². The highest BCUT2D eigenvalue weighted by Crippen LogP contribution is 2.29. The van der Waals surface area contributed by atoms with Crippen LogP contribution in [0.5, 0.6) is 0 Å². The largest absolute Gasteiger partial charge is 0.436 e. The molecule has 0 aliphatic carbocycles. The molecule has 4 heteroatoms. The number of fused-ring (bicyclic) bond motifs is 2. The summed E-state index contributed by atoms with van der Waals surface area (Å²) in [6.07, 6.45) is 0. The molecule has 0 saturated carbocycles. The Bertz CT molecular complexity index is 4900. The Kier molecular flexibility index (Phi) is 40.7. The predicted octanol–water partition coefficient (Wildman–Crippen LogP) is 32.4. The third-order valence-corrected chi connectivity index (χ3v) is 17.5. The van der Waals surface area contributed by atoms with Gasteiger partial charge in [0.2, 0.25) is 11.8 Å². The zero-order valence-corrected chi connectivity index (χ0v) is 72.9. The smallest absolute Gasteiger partial charge is 0.227 e. The summed E-state index contributed by atoms with van der Waals surface area (Å²) in [7, 11) is 0. The maximum Gasteiger partial charge on any atom is 0.227 e. The summed E-state index contributed by atoms with van der Waals surface area (Å²) in [6.45, 7) is 49.8. The molecular weight excluding hydrogens is 1380 g/mol. The number of para-hydroxylation sites is 4. The van der Waals surface area contributed by atoms with Crippen molar-refractivity contribution in [3.05, 3.63) is 428 Å². The molecule has 0 amide bonds. The van der Waals surface area contributed by atoms with Crippen molar-refractivity contribution in [3.63, 3.8) is 0 Å². The van der Waals surface area contributed by atoms with Gasteiger partial charge in [0.25, 0.3) is 0 Å². The molecule has 0 atom stereocenters. The summed E-state index contributed by atoms with van der Waals surface area (Å²) in [6, 6.07) is 114. The van der Waals surface area contributed by atoms with E-state index in [4.69, 9.17) is 8.83 Å². The van der Waals surface area contributed by atoms with Gasteiger partial charge in [-0.1, -0.05) is 421 Å². The minimum absolute atomic E-state index is 0.693. The minimum atomic E-state index is 0.693. The third kappa shape index (κ3) is 33.9. The fourth-order valence-corrected chi connectivity index (χ4v) is 11.8. The zero-order chi connectivity index (χ0) is 83.5. The Morgan fingerprint density at radius 1 is 0.149 bits per heavy atom. The SMILES string of the molecule is CC.CC.CC.Cc1cc(C)cc(-c2nc3ccccc3o2)c1.Cc1cc(C)cc(-c2nc3ccccc3o2)c1.Cc1ccc(-c2ccc(C)cc2)cc1.Cc1ccc(-c2cccc(C)c2)cc1.Cc1ccc(C)cc1.Cc1ccc(C)cc1.Cc1cccc(-c2cccc(C)c2)c1.Cc1cccc(C)c1.Cc1cccc(C)c1. The summed E-state index contributed by atoms with van der Waals surface area (Å²) < 4.78 is 11.5. The molecule has 0 aliphatic heterocycles. The second-order valence-corrected chi connectivity index (χ2v) is 28.6. The Balaban J connectivity index is 0.000000230. The fraction of sp³-hybridized carbons (Fsp3) is 0.218. The van der Waals surface area contributed by atoms with Crippen LogP contribution in [-0.4, -0.2) is 9.97 Å². The molecule has 0 radical (unpaired) electrons. The number of nitrogens with zero attached hydrogens (tertiary/aromatic N) is 2. The van der Waals surface area contributed by atoms with Gasteiger partial charge in [-0.2, -0.15) is 0 Å². The van der Waals surface area contributed by atoms with E-state index in [1.165, 1.54) is 134 Å². The van der Waals surface area contributed by atoms with E-state index in [0.717, 1.165) is 33.3 Å². The van der Waals surface area contributed by atoms with E-state index in [2.05, 4.69) is 414 Å². The van der Waals surface area contributed by atoms with E-state index in [-0.39, 0.29) is 0 Å². The summed E-state index contributed by atoms with van der Waals surface area (Å²) >= 11 is 0. The van der Waals surface area contributed by atoms with Gasteiger partial charge in [-0.25, -0.2) is 9.97 Å². The van der Waals surface area contributed by atoms with E-state index in [1.54, 1.807) is 0 Å². The first kappa shape index (κ1) is 92.6. The molecule has 16 aromatic rings. The molecule has 588 valence electrons. The van der Waals surface area contributed by atoms with Gasteiger partial charge in [-0.3, -0.25) is 0 Å². The predicted molar refractivity (Wildman–Crippen MR) is 500 cm³/mol. The van der Waals surface area contributed by atoms with E-state index in [9.17, 15) is 0 Å². The molecule has 0 N–H and O–H groups in total. The van der Waals surface area contributed by atoms with E-state index in [1.807, 2.05) is 90.1 Å². The molecule has 0 fully saturated rings. The fourth-order valence-electron chi connectivity index (χ4n) is 11.8. The maximum absolute atomic E-state index is 5.75. The number of hydrogen-bond donors (Lipinski definition) is 0. The molecule has 2 heterocycles. The summed E-state index contributed by atoms with van der Waals surface area (Å²) in [4.78, 5) is 9.00. The Hall–Kier alpha value is -12.0. The van der Waals surface area contributed by atoms with Crippen LogP contribution < -0.4 is 0 Å². The van der Waals surface area contributed by atoms with Gasteiger partial charge in [-0.15, -0.1) is 0 Å². The Morgan fingerprint density at radius 2 is 0.333 bits per heavy atom.